The van der Waals surface area contributed by atoms with E-state index in [9.17, 15) is 4.79 Å². The van der Waals surface area contributed by atoms with Gasteiger partial charge in [0.25, 0.3) is 0 Å². The Morgan fingerprint density at radius 2 is 1.67 bits per heavy atom. The van der Waals surface area contributed by atoms with Gasteiger partial charge in [-0.25, -0.2) is 0 Å². The molecule has 0 unspecified atom stereocenters. The van der Waals surface area contributed by atoms with Crippen LogP contribution >= 0.6 is 0 Å². The van der Waals surface area contributed by atoms with E-state index in [2.05, 4.69) is 20.8 Å². The zero-order valence-electron chi connectivity index (χ0n) is 11.1. The molecule has 0 aromatic carbocycles. The number of hydrogen-bond acceptors (Lipinski definition) is 2. The number of hydrogen-bond donors (Lipinski definition) is 1. The molecule has 0 spiro atoms. The number of nitrogens with zero attached hydrogens (tertiary/aromatic N) is 1. The third-order valence-electron chi connectivity index (χ3n) is 2.12. The van der Waals surface area contributed by atoms with E-state index in [0.717, 1.165) is 13.0 Å². The van der Waals surface area contributed by atoms with Gasteiger partial charge < -0.3 is 10.6 Å². The average molecular weight is 214 g/mol. The van der Waals surface area contributed by atoms with E-state index in [1.807, 2.05) is 20.9 Å². The maximum absolute atomic E-state index is 11.7. The van der Waals surface area contributed by atoms with Crippen molar-refractivity contribution in [1.82, 2.24) is 4.90 Å². The fourth-order valence-corrected chi connectivity index (χ4v) is 1.42. The fourth-order valence-electron chi connectivity index (χ4n) is 1.42. The molecule has 90 valence electrons. The predicted octanol–water partition coefficient (Wildman–Crippen LogP) is 2.01. The maximum Gasteiger partial charge on any atom is 0.222 e. The topological polar surface area (TPSA) is 46.3 Å². The van der Waals surface area contributed by atoms with Crippen LogP contribution in [0, 0.1) is 5.41 Å². The smallest absolute Gasteiger partial charge is 0.222 e. The van der Waals surface area contributed by atoms with Gasteiger partial charge in [-0.05, 0) is 25.7 Å². The third kappa shape index (κ3) is 8.43. The lowest BCUT2D eigenvalue weighted by Crippen LogP contribution is -2.37. The summed E-state index contributed by atoms with van der Waals surface area (Å²) in [4.78, 5) is 13.5. The molecule has 15 heavy (non-hydrogen) atoms. The number of amides is 1. The van der Waals surface area contributed by atoms with Gasteiger partial charge in [0.1, 0.15) is 0 Å². The number of rotatable bonds is 4. The first kappa shape index (κ1) is 14.4. The molecule has 3 heteroatoms. The molecule has 1 amide bonds. The summed E-state index contributed by atoms with van der Waals surface area (Å²) in [7, 11) is 1.86. The molecule has 0 aliphatic carbocycles. The second kappa shape index (κ2) is 4.97. The minimum Gasteiger partial charge on any atom is -0.345 e. The molecule has 0 bridgehead atoms. The molecule has 0 aliphatic rings. The summed E-state index contributed by atoms with van der Waals surface area (Å²) in [6.07, 6.45) is 1.27. The second-order valence-corrected chi connectivity index (χ2v) is 6.30. The Labute approximate surface area is 94.0 Å². The highest BCUT2D eigenvalue weighted by Crippen LogP contribution is 2.16. The normalized spacial score (nSPS) is 12.7. The van der Waals surface area contributed by atoms with Crippen molar-refractivity contribution in [3.8, 4) is 0 Å². The van der Waals surface area contributed by atoms with Gasteiger partial charge >= 0.3 is 0 Å². The molecule has 0 saturated carbocycles. The zero-order valence-corrected chi connectivity index (χ0v) is 11.1. The Morgan fingerprint density at radius 3 is 2.00 bits per heavy atom. The number of nitrogens with two attached hydrogens (primary N) is 1. The first-order valence-corrected chi connectivity index (χ1v) is 5.54. The second-order valence-electron chi connectivity index (χ2n) is 6.30. The van der Waals surface area contributed by atoms with Crippen LogP contribution in [-0.2, 0) is 4.79 Å². The van der Waals surface area contributed by atoms with Gasteiger partial charge in [0.2, 0.25) is 5.91 Å². The van der Waals surface area contributed by atoms with Crippen molar-refractivity contribution >= 4 is 5.91 Å². The highest BCUT2D eigenvalue weighted by atomic mass is 16.2. The van der Waals surface area contributed by atoms with Crippen LogP contribution in [-0.4, -0.2) is 29.9 Å². The highest BCUT2D eigenvalue weighted by molar-refractivity contribution is 5.75. The zero-order chi connectivity index (χ0) is 12.3. The number of carbonyl (C=O) groups excluding carboxylic acids is 1. The molecule has 2 N–H and O–H groups in total. The molecule has 0 saturated heterocycles. The standard InChI is InChI=1S/C12H26N2O/c1-11(2,3)9-14(6)10(15)7-8-12(4,5)13/h7-9,13H2,1-6H3. The Kier molecular flexibility index (Phi) is 4.78. The summed E-state index contributed by atoms with van der Waals surface area (Å²) in [5, 5.41) is 0. The van der Waals surface area contributed by atoms with E-state index in [1.165, 1.54) is 0 Å². The van der Waals surface area contributed by atoms with Gasteiger partial charge in [-0.15, -0.1) is 0 Å². The van der Waals surface area contributed by atoms with Crippen molar-refractivity contribution in [2.75, 3.05) is 13.6 Å². The van der Waals surface area contributed by atoms with Crippen molar-refractivity contribution < 1.29 is 4.79 Å². The Hall–Kier alpha value is -0.570. The molecule has 0 fully saturated rings. The first-order chi connectivity index (χ1) is 6.51. The fraction of sp³-hybridized carbons (Fsp3) is 0.917. The largest absolute Gasteiger partial charge is 0.345 e. The SMILES string of the molecule is CN(CC(C)(C)C)C(=O)CCC(C)(C)N. The lowest BCUT2D eigenvalue weighted by molar-refractivity contribution is -0.131. The molecular formula is C12H26N2O. The molecule has 0 heterocycles. The summed E-state index contributed by atoms with van der Waals surface area (Å²) in [5.41, 5.74) is 5.74. The van der Waals surface area contributed by atoms with Crippen LogP contribution in [0.1, 0.15) is 47.5 Å². The van der Waals surface area contributed by atoms with Gasteiger partial charge in [0.05, 0.1) is 0 Å². The van der Waals surface area contributed by atoms with Crippen molar-refractivity contribution in [3.05, 3.63) is 0 Å². The summed E-state index contributed by atoms with van der Waals surface area (Å²) in [6, 6.07) is 0. The predicted molar refractivity (Wildman–Crippen MR) is 64.6 cm³/mol. The van der Waals surface area contributed by atoms with Gasteiger partial charge in [-0.2, -0.15) is 0 Å². The van der Waals surface area contributed by atoms with Crippen molar-refractivity contribution in [1.29, 1.82) is 0 Å². The van der Waals surface area contributed by atoms with Crippen LogP contribution in [0.15, 0.2) is 0 Å². The van der Waals surface area contributed by atoms with Crippen LogP contribution < -0.4 is 5.73 Å². The Bertz CT molecular complexity index is 211. The summed E-state index contributed by atoms with van der Waals surface area (Å²) < 4.78 is 0. The van der Waals surface area contributed by atoms with Crippen LogP contribution in [0.4, 0.5) is 0 Å². The lowest BCUT2D eigenvalue weighted by Gasteiger charge is -2.27. The maximum atomic E-state index is 11.7. The molecule has 0 radical (unpaired) electrons. The van der Waals surface area contributed by atoms with E-state index in [-0.39, 0.29) is 16.9 Å². The summed E-state index contributed by atoms with van der Waals surface area (Å²) in [5.74, 6) is 0.184. The van der Waals surface area contributed by atoms with E-state index in [0.29, 0.717) is 6.42 Å². The molecule has 0 aliphatic heterocycles. The van der Waals surface area contributed by atoms with Crippen LogP contribution in [0.2, 0.25) is 0 Å². The van der Waals surface area contributed by atoms with Gasteiger partial charge in [0, 0.05) is 25.6 Å². The molecule has 0 aromatic rings. The average Bonchev–Trinajstić information content (AvgIpc) is 1.95. The Morgan fingerprint density at radius 1 is 1.20 bits per heavy atom. The molecule has 3 nitrogen and oxygen atoms in total. The highest BCUT2D eigenvalue weighted by Gasteiger charge is 2.19. The van der Waals surface area contributed by atoms with Gasteiger partial charge in [0.15, 0.2) is 0 Å². The lowest BCUT2D eigenvalue weighted by atomic mass is 9.95. The van der Waals surface area contributed by atoms with Crippen LogP contribution in [0.25, 0.3) is 0 Å². The summed E-state index contributed by atoms with van der Waals surface area (Å²) >= 11 is 0. The Balaban J connectivity index is 4.01. The van der Waals surface area contributed by atoms with Crippen molar-refractivity contribution in [2.45, 2.75) is 53.0 Å². The monoisotopic (exact) mass is 214 g/mol. The van der Waals surface area contributed by atoms with E-state index in [1.54, 1.807) is 4.90 Å². The quantitative estimate of drug-likeness (QED) is 0.778. The van der Waals surface area contributed by atoms with Crippen LogP contribution in [0.5, 0.6) is 0 Å². The van der Waals surface area contributed by atoms with Crippen molar-refractivity contribution in [2.24, 2.45) is 11.1 Å². The van der Waals surface area contributed by atoms with Gasteiger partial charge in [-0.3, -0.25) is 4.79 Å². The van der Waals surface area contributed by atoms with E-state index >= 15 is 0 Å². The van der Waals surface area contributed by atoms with Gasteiger partial charge in [-0.1, -0.05) is 20.8 Å². The van der Waals surface area contributed by atoms with E-state index in [4.69, 9.17) is 5.73 Å². The molecule has 0 aromatic heterocycles. The number of carbonyl (C=O) groups is 1. The minimum absolute atomic E-state index is 0.155. The molecule has 0 atom stereocenters. The molecule has 0 rings (SSSR count). The minimum atomic E-state index is -0.252. The van der Waals surface area contributed by atoms with Crippen molar-refractivity contribution in [3.63, 3.8) is 0 Å². The molecular weight excluding hydrogens is 188 g/mol. The third-order valence-corrected chi connectivity index (χ3v) is 2.12. The first-order valence-electron chi connectivity index (χ1n) is 5.54. The summed E-state index contributed by atoms with van der Waals surface area (Å²) in [6.45, 7) is 11.1. The van der Waals surface area contributed by atoms with Crippen LogP contribution in [0.3, 0.4) is 0 Å². The van der Waals surface area contributed by atoms with E-state index < -0.39 is 0 Å².